The Kier molecular flexibility index (Phi) is 4.04. The molecule has 1 unspecified atom stereocenters. The molecule has 0 aromatic heterocycles. The molecule has 1 aliphatic carbocycles. The quantitative estimate of drug-likeness (QED) is 0.774. The molecule has 0 aromatic rings. The fraction of sp³-hybridized carbons (Fsp3) is 1.00. The number of likely N-dealkylation sites (tertiary alicyclic amines) is 1. The smallest absolute Gasteiger partial charge is 0.00698 e. The zero-order valence-electron chi connectivity index (χ0n) is 10.1. The lowest BCUT2D eigenvalue weighted by Gasteiger charge is -2.31. The molecule has 15 heavy (non-hydrogen) atoms. The number of nitrogens with two attached hydrogens (primary N) is 1. The monoisotopic (exact) mass is 210 g/mol. The lowest BCUT2D eigenvalue weighted by atomic mass is 9.85. The third-order valence-electron chi connectivity index (χ3n) is 4.45. The van der Waals surface area contributed by atoms with Crippen LogP contribution in [-0.4, -0.2) is 31.1 Å². The maximum absolute atomic E-state index is 6.33. The van der Waals surface area contributed by atoms with Gasteiger partial charge in [-0.25, -0.2) is 0 Å². The van der Waals surface area contributed by atoms with E-state index in [0.717, 1.165) is 11.8 Å². The maximum atomic E-state index is 6.33. The van der Waals surface area contributed by atoms with Crippen molar-refractivity contribution in [2.75, 3.05) is 20.1 Å². The van der Waals surface area contributed by atoms with E-state index in [1.54, 1.807) is 0 Å². The molecule has 2 aliphatic rings. The first-order valence-electron chi connectivity index (χ1n) is 6.70. The standard InChI is InChI=1S/C13H26N2/c1-15-8-6-11(7-9-15)10-13(14)12-4-2-3-5-12/h11-13H,2-10,14H2,1H3. The topological polar surface area (TPSA) is 29.3 Å². The van der Waals surface area contributed by atoms with E-state index in [1.807, 2.05) is 0 Å². The molecule has 2 fully saturated rings. The summed E-state index contributed by atoms with van der Waals surface area (Å²) in [6.45, 7) is 2.56. The van der Waals surface area contributed by atoms with Gasteiger partial charge in [0.2, 0.25) is 0 Å². The van der Waals surface area contributed by atoms with Crippen LogP contribution in [0.25, 0.3) is 0 Å². The van der Waals surface area contributed by atoms with E-state index in [4.69, 9.17) is 5.73 Å². The van der Waals surface area contributed by atoms with Crippen molar-refractivity contribution in [3.05, 3.63) is 0 Å². The second-order valence-electron chi connectivity index (χ2n) is 5.69. The number of nitrogens with zero attached hydrogens (tertiary/aromatic N) is 1. The first-order valence-corrected chi connectivity index (χ1v) is 6.70. The van der Waals surface area contributed by atoms with Crippen LogP contribution < -0.4 is 5.73 Å². The Morgan fingerprint density at radius 2 is 1.73 bits per heavy atom. The molecule has 1 heterocycles. The Balaban J connectivity index is 1.71. The van der Waals surface area contributed by atoms with Crippen molar-refractivity contribution in [2.24, 2.45) is 17.6 Å². The van der Waals surface area contributed by atoms with Gasteiger partial charge in [0.1, 0.15) is 0 Å². The van der Waals surface area contributed by atoms with Gasteiger partial charge in [-0.3, -0.25) is 0 Å². The molecule has 0 spiro atoms. The fourth-order valence-corrected chi connectivity index (χ4v) is 3.26. The Morgan fingerprint density at radius 3 is 2.33 bits per heavy atom. The molecule has 2 rings (SSSR count). The van der Waals surface area contributed by atoms with Crippen molar-refractivity contribution in [1.82, 2.24) is 4.90 Å². The van der Waals surface area contributed by atoms with Gasteiger partial charge in [0.25, 0.3) is 0 Å². The first-order chi connectivity index (χ1) is 7.25. The van der Waals surface area contributed by atoms with E-state index in [2.05, 4.69) is 11.9 Å². The summed E-state index contributed by atoms with van der Waals surface area (Å²) in [5.41, 5.74) is 6.33. The molecule has 1 saturated carbocycles. The van der Waals surface area contributed by atoms with E-state index in [1.165, 1.54) is 58.0 Å². The molecule has 0 aromatic carbocycles. The van der Waals surface area contributed by atoms with Crippen LogP contribution in [0, 0.1) is 11.8 Å². The Morgan fingerprint density at radius 1 is 1.13 bits per heavy atom. The Bertz CT molecular complexity index is 179. The molecule has 88 valence electrons. The Labute approximate surface area is 94.2 Å². The summed E-state index contributed by atoms with van der Waals surface area (Å²) < 4.78 is 0. The number of hydrogen-bond acceptors (Lipinski definition) is 2. The summed E-state index contributed by atoms with van der Waals surface area (Å²) in [4.78, 5) is 2.44. The third kappa shape index (κ3) is 3.18. The van der Waals surface area contributed by atoms with Crippen molar-refractivity contribution < 1.29 is 0 Å². The van der Waals surface area contributed by atoms with Crippen molar-refractivity contribution >= 4 is 0 Å². The summed E-state index contributed by atoms with van der Waals surface area (Å²) in [5, 5.41) is 0. The van der Waals surface area contributed by atoms with Crippen molar-refractivity contribution in [3.63, 3.8) is 0 Å². The highest BCUT2D eigenvalue weighted by atomic mass is 15.1. The lowest BCUT2D eigenvalue weighted by Crippen LogP contribution is -2.36. The zero-order chi connectivity index (χ0) is 10.7. The van der Waals surface area contributed by atoms with Crippen LogP contribution in [0.5, 0.6) is 0 Å². The lowest BCUT2D eigenvalue weighted by molar-refractivity contribution is 0.196. The fourth-order valence-electron chi connectivity index (χ4n) is 3.26. The summed E-state index contributed by atoms with van der Waals surface area (Å²) in [7, 11) is 2.23. The molecule has 0 bridgehead atoms. The molecule has 1 atom stereocenters. The average molecular weight is 210 g/mol. The predicted molar refractivity (Wildman–Crippen MR) is 64.8 cm³/mol. The van der Waals surface area contributed by atoms with Gasteiger partial charge in [0, 0.05) is 6.04 Å². The van der Waals surface area contributed by atoms with Gasteiger partial charge in [0.15, 0.2) is 0 Å². The molecule has 2 nitrogen and oxygen atoms in total. The van der Waals surface area contributed by atoms with Crippen LogP contribution in [0.2, 0.25) is 0 Å². The van der Waals surface area contributed by atoms with E-state index in [-0.39, 0.29) is 0 Å². The van der Waals surface area contributed by atoms with Gasteiger partial charge in [-0.2, -0.15) is 0 Å². The van der Waals surface area contributed by atoms with E-state index in [0.29, 0.717) is 6.04 Å². The molecular weight excluding hydrogens is 184 g/mol. The summed E-state index contributed by atoms with van der Waals surface area (Å²) in [5.74, 6) is 1.77. The van der Waals surface area contributed by atoms with Crippen LogP contribution >= 0.6 is 0 Å². The van der Waals surface area contributed by atoms with Crippen molar-refractivity contribution in [1.29, 1.82) is 0 Å². The maximum Gasteiger partial charge on any atom is 0.00698 e. The van der Waals surface area contributed by atoms with Gasteiger partial charge in [-0.15, -0.1) is 0 Å². The summed E-state index contributed by atoms with van der Waals surface area (Å²) >= 11 is 0. The number of piperidine rings is 1. The van der Waals surface area contributed by atoms with Crippen molar-refractivity contribution in [3.8, 4) is 0 Å². The van der Waals surface area contributed by atoms with E-state index >= 15 is 0 Å². The molecule has 0 radical (unpaired) electrons. The minimum atomic E-state index is 0.501. The molecule has 2 heteroatoms. The van der Waals surface area contributed by atoms with Crippen LogP contribution in [-0.2, 0) is 0 Å². The van der Waals surface area contributed by atoms with Crippen molar-refractivity contribution in [2.45, 2.75) is 51.0 Å². The van der Waals surface area contributed by atoms with E-state index < -0.39 is 0 Å². The van der Waals surface area contributed by atoms with Gasteiger partial charge < -0.3 is 10.6 Å². The van der Waals surface area contributed by atoms with E-state index in [9.17, 15) is 0 Å². The highest BCUT2D eigenvalue weighted by Gasteiger charge is 2.26. The van der Waals surface area contributed by atoms with Crippen LogP contribution in [0.3, 0.4) is 0 Å². The van der Waals surface area contributed by atoms with Crippen LogP contribution in [0.4, 0.5) is 0 Å². The van der Waals surface area contributed by atoms with Crippen LogP contribution in [0.15, 0.2) is 0 Å². The predicted octanol–water partition coefficient (Wildman–Crippen LogP) is 2.24. The van der Waals surface area contributed by atoms with Gasteiger partial charge in [0.05, 0.1) is 0 Å². The highest BCUT2D eigenvalue weighted by molar-refractivity contribution is 4.82. The van der Waals surface area contributed by atoms with Gasteiger partial charge in [-0.1, -0.05) is 12.8 Å². The minimum absolute atomic E-state index is 0.501. The molecule has 1 saturated heterocycles. The largest absolute Gasteiger partial charge is 0.327 e. The third-order valence-corrected chi connectivity index (χ3v) is 4.45. The second kappa shape index (κ2) is 5.31. The van der Waals surface area contributed by atoms with Crippen LogP contribution in [0.1, 0.15) is 44.9 Å². The average Bonchev–Trinajstić information content (AvgIpc) is 2.74. The summed E-state index contributed by atoms with van der Waals surface area (Å²) in [6, 6.07) is 0.501. The minimum Gasteiger partial charge on any atom is -0.327 e. The van der Waals surface area contributed by atoms with Gasteiger partial charge >= 0.3 is 0 Å². The molecule has 0 amide bonds. The number of rotatable bonds is 3. The highest BCUT2D eigenvalue weighted by Crippen LogP contribution is 2.31. The zero-order valence-corrected chi connectivity index (χ0v) is 10.1. The molecule has 2 N–H and O–H groups in total. The molecule has 1 aliphatic heterocycles. The molecular formula is C13H26N2. The van der Waals surface area contributed by atoms with Gasteiger partial charge in [-0.05, 0) is 64.1 Å². The first kappa shape index (κ1) is 11.4. The second-order valence-corrected chi connectivity index (χ2v) is 5.69. The normalized spacial score (nSPS) is 28.4. The SMILES string of the molecule is CN1CCC(CC(N)C2CCCC2)CC1. The Hall–Kier alpha value is -0.0800. The number of hydrogen-bond donors (Lipinski definition) is 1. The summed E-state index contributed by atoms with van der Waals surface area (Å²) in [6.07, 6.45) is 9.67.